The molecule has 1 fully saturated rings. The van der Waals surface area contributed by atoms with E-state index in [-0.39, 0.29) is 18.4 Å². The fourth-order valence-corrected chi connectivity index (χ4v) is 4.62. The van der Waals surface area contributed by atoms with Gasteiger partial charge in [0.05, 0.1) is 18.0 Å². The van der Waals surface area contributed by atoms with Crippen LogP contribution in [0.4, 0.5) is 0 Å². The number of ether oxygens (including phenoxy) is 1. The first-order valence-electron chi connectivity index (χ1n) is 9.25. The van der Waals surface area contributed by atoms with Crippen LogP contribution in [0.15, 0.2) is 66.9 Å². The fraction of sp³-hybridized carbons (Fsp3) is 0.300. The first-order valence-corrected chi connectivity index (χ1v) is 10.9. The van der Waals surface area contributed by atoms with Crippen molar-refractivity contribution in [2.45, 2.75) is 12.5 Å². The fourth-order valence-electron chi connectivity index (χ4n) is 3.29. The Hall–Kier alpha value is -2.71. The molecule has 146 valence electrons. The summed E-state index contributed by atoms with van der Waals surface area (Å²) >= 11 is 0. The van der Waals surface area contributed by atoms with Crippen LogP contribution in [0.25, 0.3) is 11.3 Å². The van der Waals surface area contributed by atoms with E-state index in [4.69, 9.17) is 4.74 Å². The first-order chi connectivity index (χ1) is 13.6. The lowest BCUT2D eigenvalue weighted by molar-refractivity contribution is 0.336. The standard InChI is InChI=1S/C20H22N4O3S/c25-28(26,14-13-27-19-9-5-2-6-10-19)23-12-11-18(15-23)24-16-20(21-22-24)17-7-3-1-4-8-17/h1-10,16,18H,11-15H2. The molecule has 1 atom stereocenters. The molecule has 2 aromatic carbocycles. The minimum atomic E-state index is -3.37. The van der Waals surface area contributed by atoms with E-state index in [1.54, 1.807) is 4.68 Å². The van der Waals surface area contributed by atoms with Crippen LogP contribution in [0.5, 0.6) is 5.75 Å². The van der Waals surface area contributed by atoms with E-state index in [1.165, 1.54) is 4.31 Å². The van der Waals surface area contributed by atoms with Crippen molar-refractivity contribution in [2.75, 3.05) is 25.4 Å². The van der Waals surface area contributed by atoms with Gasteiger partial charge < -0.3 is 4.74 Å². The van der Waals surface area contributed by atoms with Gasteiger partial charge in [0.2, 0.25) is 10.0 Å². The minimum absolute atomic E-state index is 0.00483. The maximum absolute atomic E-state index is 12.6. The second-order valence-electron chi connectivity index (χ2n) is 6.73. The highest BCUT2D eigenvalue weighted by molar-refractivity contribution is 7.89. The van der Waals surface area contributed by atoms with E-state index >= 15 is 0 Å². The van der Waals surface area contributed by atoms with E-state index < -0.39 is 10.0 Å². The summed E-state index contributed by atoms with van der Waals surface area (Å²) in [4.78, 5) is 0. The third-order valence-electron chi connectivity index (χ3n) is 4.83. The Kier molecular flexibility index (Phi) is 5.40. The van der Waals surface area contributed by atoms with Crippen molar-refractivity contribution in [3.05, 3.63) is 66.9 Å². The molecule has 3 aromatic rings. The highest BCUT2D eigenvalue weighted by Crippen LogP contribution is 2.25. The molecular formula is C20H22N4O3S. The molecule has 1 aliphatic heterocycles. The maximum atomic E-state index is 12.6. The zero-order valence-electron chi connectivity index (χ0n) is 15.4. The summed E-state index contributed by atoms with van der Waals surface area (Å²) < 4.78 is 34.1. The highest BCUT2D eigenvalue weighted by atomic mass is 32.2. The van der Waals surface area contributed by atoms with E-state index in [9.17, 15) is 8.42 Å². The zero-order chi connectivity index (χ0) is 19.4. The summed E-state index contributed by atoms with van der Waals surface area (Å²) in [6.45, 7) is 1.03. The summed E-state index contributed by atoms with van der Waals surface area (Å²) in [6, 6.07) is 19.0. The molecular weight excluding hydrogens is 376 g/mol. The Balaban J connectivity index is 1.35. The molecule has 2 heterocycles. The lowest BCUT2D eigenvalue weighted by atomic mass is 10.2. The van der Waals surface area contributed by atoms with Gasteiger partial charge >= 0.3 is 0 Å². The summed E-state index contributed by atoms with van der Waals surface area (Å²) in [5.74, 6) is 0.634. The number of nitrogens with zero attached hydrogens (tertiary/aromatic N) is 4. The molecule has 1 saturated heterocycles. The van der Waals surface area contributed by atoms with Gasteiger partial charge in [-0.2, -0.15) is 4.31 Å². The maximum Gasteiger partial charge on any atom is 0.217 e. The number of hydrogen-bond acceptors (Lipinski definition) is 5. The van der Waals surface area contributed by atoms with Gasteiger partial charge in [-0.3, -0.25) is 0 Å². The predicted octanol–water partition coefficient (Wildman–Crippen LogP) is 2.60. The second-order valence-corrected chi connectivity index (χ2v) is 8.82. The van der Waals surface area contributed by atoms with Gasteiger partial charge in [0.25, 0.3) is 0 Å². The molecule has 8 heteroatoms. The van der Waals surface area contributed by atoms with Crippen LogP contribution in [0, 0.1) is 0 Å². The van der Waals surface area contributed by atoms with E-state index in [2.05, 4.69) is 10.3 Å². The van der Waals surface area contributed by atoms with Crippen LogP contribution >= 0.6 is 0 Å². The third kappa shape index (κ3) is 4.23. The van der Waals surface area contributed by atoms with Crippen molar-refractivity contribution in [3.8, 4) is 17.0 Å². The van der Waals surface area contributed by atoms with Crippen molar-refractivity contribution >= 4 is 10.0 Å². The average Bonchev–Trinajstić information content (AvgIpc) is 3.39. The van der Waals surface area contributed by atoms with Gasteiger partial charge in [-0.1, -0.05) is 53.7 Å². The number of sulfonamides is 1. The number of hydrogen-bond donors (Lipinski definition) is 0. The SMILES string of the molecule is O=S(=O)(CCOc1ccccc1)N1CCC(n2cc(-c3ccccc3)nn2)C1. The normalized spacial score (nSPS) is 17.6. The highest BCUT2D eigenvalue weighted by Gasteiger charge is 2.32. The molecule has 1 aromatic heterocycles. The molecule has 0 saturated carbocycles. The number of aromatic nitrogens is 3. The first kappa shape index (κ1) is 18.6. The molecule has 0 aliphatic carbocycles. The van der Waals surface area contributed by atoms with Gasteiger partial charge in [0.15, 0.2) is 0 Å². The molecule has 0 radical (unpaired) electrons. The summed E-state index contributed by atoms with van der Waals surface area (Å²) in [6.07, 6.45) is 2.60. The van der Waals surface area contributed by atoms with Crippen molar-refractivity contribution in [2.24, 2.45) is 0 Å². The van der Waals surface area contributed by atoms with Gasteiger partial charge in [-0.05, 0) is 18.6 Å². The largest absolute Gasteiger partial charge is 0.492 e. The second kappa shape index (κ2) is 8.12. The van der Waals surface area contributed by atoms with Crippen molar-refractivity contribution in [1.82, 2.24) is 19.3 Å². The molecule has 7 nitrogen and oxygen atoms in total. The van der Waals surface area contributed by atoms with E-state index in [0.717, 1.165) is 17.7 Å². The number of para-hydroxylation sites is 1. The van der Waals surface area contributed by atoms with Crippen LogP contribution < -0.4 is 4.74 Å². The van der Waals surface area contributed by atoms with Crippen molar-refractivity contribution in [1.29, 1.82) is 0 Å². The predicted molar refractivity (Wildman–Crippen MR) is 106 cm³/mol. The Morgan fingerprint density at radius 2 is 1.75 bits per heavy atom. The Bertz CT molecular complexity index is 1010. The minimum Gasteiger partial charge on any atom is -0.492 e. The Labute approximate surface area is 164 Å². The Morgan fingerprint density at radius 1 is 1.04 bits per heavy atom. The van der Waals surface area contributed by atoms with Crippen molar-refractivity contribution in [3.63, 3.8) is 0 Å². The average molecular weight is 398 g/mol. The van der Waals surface area contributed by atoms with Gasteiger partial charge in [0.1, 0.15) is 18.1 Å². The molecule has 28 heavy (non-hydrogen) atoms. The summed E-state index contributed by atoms with van der Waals surface area (Å²) in [5, 5.41) is 8.44. The van der Waals surface area contributed by atoms with Crippen LogP contribution in [0.1, 0.15) is 12.5 Å². The topological polar surface area (TPSA) is 77.3 Å². The quantitative estimate of drug-likeness (QED) is 0.611. The van der Waals surface area contributed by atoms with Crippen LogP contribution in [-0.4, -0.2) is 53.2 Å². The molecule has 0 N–H and O–H groups in total. The molecule has 1 aliphatic rings. The smallest absolute Gasteiger partial charge is 0.217 e. The summed E-state index contributed by atoms with van der Waals surface area (Å²) in [5.41, 5.74) is 1.78. The molecule has 0 spiro atoms. The zero-order valence-corrected chi connectivity index (χ0v) is 16.2. The van der Waals surface area contributed by atoms with Crippen LogP contribution in [0.2, 0.25) is 0 Å². The molecule has 0 amide bonds. The van der Waals surface area contributed by atoms with Crippen LogP contribution in [0.3, 0.4) is 0 Å². The number of benzene rings is 2. The molecule has 4 rings (SSSR count). The van der Waals surface area contributed by atoms with Gasteiger partial charge in [0, 0.05) is 18.7 Å². The van der Waals surface area contributed by atoms with Gasteiger partial charge in [-0.25, -0.2) is 13.1 Å². The molecule has 1 unspecified atom stereocenters. The van der Waals surface area contributed by atoms with Crippen LogP contribution in [-0.2, 0) is 10.0 Å². The lowest BCUT2D eigenvalue weighted by Gasteiger charge is -2.16. The molecule has 0 bridgehead atoms. The van der Waals surface area contributed by atoms with E-state index in [1.807, 2.05) is 66.9 Å². The third-order valence-corrected chi connectivity index (χ3v) is 6.63. The van der Waals surface area contributed by atoms with E-state index in [0.29, 0.717) is 18.8 Å². The van der Waals surface area contributed by atoms with Crippen molar-refractivity contribution < 1.29 is 13.2 Å². The monoisotopic (exact) mass is 398 g/mol. The summed E-state index contributed by atoms with van der Waals surface area (Å²) in [7, 11) is -3.37. The Morgan fingerprint density at radius 3 is 2.50 bits per heavy atom. The number of rotatable bonds is 7. The lowest BCUT2D eigenvalue weighted by Crippen LogP contribution is -2.33. The van der Waals surface area contributed by atoms with Gasteiger partial charge in [-0.15, -0.1) is 5.10 Å².